The van der Waals surface area contributed by atoms with E-state index >= 15 is 0 Å². The fourth-order valence-electron chi connectivity index (χ4n) is 2.83. The minimum absolute atomic E-state index is 0.107. The SMILES string of the molecule is Cc1cc(C)c2c(CC(=O)Nc3nnc(CC(C)C)s3)coc2c1. The van der Waals surface area contributed by atoms with E-state index in [1.165, 1.54) is 11.3 Å². The van der Waals surface area contributed by atoms with Gasteiger partial charge in [0, 0.05) is 17.4 Å². The van der Waals surface area contributed by atoms with Crippen LogP contribution in [0.5, 0.6) is 0 Å². The van der Waals surface area contributed by atoms with Gasteiger partial charge in [-0.3, -0.25) is 4.79 Å². The summed E-state index contributed by atoms with van der Waals surface area (Å²) in [5.41, 5.74) is 3.99. The molecule has 1 amide bonds. The second kappa shape index (κ2) is 6.73. The molecule has 0 radical (unpaired) electrons. The number of carbonyl (C=O) groups excluding carboxylic acids is 1. The van der Waals surface area contributed by atoms with Gasteiger partial charge < -0.3 is 9.73 Å². The van der Waals surface area contributed by atoms with Gasteiger partial charge in [-0.25, -0.2) is 0 Å². The average molecular weight is 343 g/mol. The molecule has 0 saturated carbocycles. The normalized spacial score (nSPS) is 11.4. The van der Waals surface area contributed by atoms with Gasteiger partial charge >= 0.3 is 0 Å². The van der Waals surface area contributed by atoms with Crippen molar-refractivity contribution in [2.24, 2.45) is 5.92 Å². The first-order valence-corrected chi connectivity index (χ1v) is 8.83. The van der Waals surface area contributed by atoms with Gasteiger partial charge in [-0.1, -0.05) is 31.3 Å². The van der Waals surface area contributed by atoms with Gasteiger partial charge in [0.2, 0.25) is 11.0 Å². The van der Waals surface area contributed by atoms with E-state index < -0.39 is 0 Å². The molecule has 0 bridgehead atoms. The third kappa shape index (κ3) is 3.64. The van der Waals surface area contributed by atoms with E-state index in [2.05, 4.69) is 35.4 Å². The molecule has 6 heteroatoms. The number of amides is 1. The van der Waals surface area contributed by atoms with Gasteiger partial charge in [0.15, 0.2) is 0 Å². The van der Waals surface area contributed by atoms with Crippen LogP contribution in [0.3, 0.4) is 0 Å². The standard InChI is InChI=1S/C18H21N3O2S/c1-10(2)5-16-20-21-18(24-16)19-15(22)8-13-9-23-14-7-11(3)6-12(4)17(13)14/h6-7,9-10H,5,8H2,1-4H3,(H,19,21,22). The van der Waals surface area contributed by atoms with E-state index in [0.717, 1.165) is 39.1 Å². The van der Waals surface area contributed by atoms with Crippen LogP contribution in [0.1, 0.15) is 35.5 Å². The summed E-state index contributed by atoms with van der Waals surface area (Å²) in [6.07, 6.45) is 2.80. The van der Waals surface area contributed by atoms with E-state index in [1.54, 1.807) is 6.26 Å². The highest BCUT2D eigenvalue weighted by Gasteiger charge is 2.15. The fourth-order valence-corrected chi connectivity index (χ4v) is 3.80. The summed E-state index contributed by atoms with van der Waals surface area (Å²) in [5, 5.41) is 13.5. The smallest absolute Gasteiger partial charge is 0.230 e. The lowest BCUT2D eigenvalue weighted by Crippen LogP contribution is -2.14. The topological polar surface area (TPSA) is 68.0 Å². The molecule has 1 aromatic carbocycles. The van der Waals surface area contributed by atoms with Crippen molar-refractivity contribution in [2.75, 3.05) is 5.32 Å². The summed E-state index contributed by atoms with van der Waals surface area (Å²) in [6.45, 7) is 8.34. The lowest BCUT2D eigenvalue weighted by Gasteiger charge is -2.03. The molecule has 0 atom stereocenters. The molecule has 0 saturated heterocycles. The molecule has 3 aromatic rings. The number of nitrogens with one attached hydrogen (secondary N) is 1. The van der Waals surface area contributed by atoms with Crippen LogP contribution >= 0.6 is 11.3 Å². The van der Waals surface area contributed by atoms with E-state index in [0.29, 0.717) is 11.0 Å². The highest BCUT2D eigenvalue weighted by Crippen LogP contribution is 2.27. The molecule has 0 aliphatic rings. The molecule has 1 N–H and O–H groups in total. The van der Waals surface area contributed by atoms with E-state index in [-0.39, 0.29) is 12.3 Å². The quantitative estimate of drug-likeness (QED) is 0.751. The molecule has 0 aliphatic carbocycles. The number of nitrogens with zero attached hydrogens (tertiary/aromatic N) is 2. The summed E-state index contributed by atoms with van der Waals surface area (Å²) in [5.74, 6) is 0.412. The minimum Gasteiger partial charge on any atom is -0.464 e. The summed E-state index contributed by atoms with van der Waals surface area (Å²) >= 11 is 1.43. The largest absolute Gasteiger partial charge is 0.464 e. The first-order chi connectivity index (χ1) is 11.4. The molecule has 5 nitrogen and oxygen atoms in total. The maximum Gasteiger partial charge on any atom is 0.230 e. The third-order valence-electron chi connectivity index (χ3n) is 3.74. The molecule has 2 aromatic heterocycles. The van der Waals surface area contributed by atoms with Crippen molar-refractivity contribution in [1.29, 1.82) is 0 Å². The predicted octanol–water partition coefficient (Wildman–Crippen LogP) is 4.28. The Morgan fingerprint density at radius 1 is 1.29 bits per heavy atom. The van der Waals surface area contributed by atoms with E-state index in [4.69, 9.17) is 4.42 Å². The maximum atomic E-state index is 12.3. The number of benzene rings is 1. The Morgan fingerprint density at radius 3 is 2.83 bits per heavy atom. The van der Waals surface area contributed by atoms with Crippen molar-refractivity contribution >= 4 is 33.3 Å². The van der Waals surface area contributed by atoms with Crippen LogP contribution in [-0.2, 0) is 17.6 Å². The average Bonchev–Trinajstić information content (AvgIpc) is 3.05. The van der Waals surface area contributed by atoms with E-state index in [1.807, 2.05) is 19.9 Å². The highest BCUT2D eigenvalue weighted by atomic mass is 32.1. The zero-order valence-electron chi connectivity index (χ0n) is 14.3. The number of anilines is 1. The number of hydrogen-bond acceptors (Lipinski definition) is 5. The Bertz CT molecular complexity index is 880. The molecule has 24 heavy (non-hydrogen) atoms. The van der Waals surface area contributed by atoms with Crippen molar-refractivity contribution in [1.82, 2.24) is 10.2 Å². The molecular formula is C18H21N3O2S. The molecule has 2 heterocycles. The number of fused-ring (bicyclic) bond motifs is 1. The van der Waals surface area contributed by atoms with Gasteiger partial charge in [0.25, 0.3) is 0 Å². The summed E-state index contributed by atoms with van der Waals surface area (Å²) in [7, 11) is 0. The Balaban J connectivity index is 1.72. The number of rotatable bonds is 5. The number of hydrogen-bond donors (Lipinski definition) is 1. The van der Waals surface area contributed by atoms with E-state index in [9.17, 15) is 4.79 Å². The molecule has 0 fully saturated rings. The summed E-state index contributed by atoms with van der Waals surface area (Å²) in [4.78, 5) is 12.3. The van der Waals surface area contributed by atoms with Gasteiger partial charge in [0.1, 0.15) is 10.6 Å². The number of carbonyl (C=O) groups is 1. The summed E-state index contributed by atoms with van der Waals surface area (Å²) in [6, 6.07) is 4.09. The zero-order valence-corrected chi connectivity index (χ0v) is 15.2. The first-order valence-electron chi connectivity index (χ1n) is 8.02. The van der Waals surface area contributed by atoms with Gasteiger partial charge in [-0.15, -0.1) is 10.2 Å². The molecular weight excluding hydrogens is 322 g/mol. The Morgan fingerprint density at radius 2 is 2.08 bits per heavy atom. The van der Waals surface area contributed by atoms with Crippen molar-refractivity contribution in [3.8, 4) is 0 Å². The number of aromatic nitrogens is 2. The van der Waals surface area contributed by atoms with Crippen LogP contribution in [0, 0.1) is 19.8 Å². The molecule has 0 spiro atoms. The van der Waals surface area contributed by atoms with Crippen molar-refractivity contribution in [3.63, 3.8) is 0 Å². The molecule has 3 rings (SSSR count). The third-order valence-corrected chi connectivity index (χ3v) is 4.60. The lowest BCUT2D eigenvalue weighted by molar-refractivity contribution is -0.115. The molecule has 126 valence electrons. The second-order valence-electron chi connectivity index (χ2n) is 6.54. The summed E-state index contributed by atoms with van der Waals surface area (Å²) < 4.78 is 5.60. The highest BCUT2D eigenvalue weighted by molar-refractivity contribution is 7.15. The molecule has 0 aliphatic heterocycles. The fraction of sp³-hybridized carbons (Fsp3) is 0.389. The van der Waals surface area contributed by atoms with Crippen LogP contribution in [0.2, 0.25) is 0 Å². The second-order valence-corrected chi connectivity index (χ2v) is 7.60. The van der Waals surface area contributed by atoms with Crippen LogP contribution in [0.15, 0.2) is 22.8 Å². The van der Waals surface area contributed by atoms with Crippen molar-refractivity contribution < 1.29 is 9.21 Å². The van der Waals surface area contributed by atoms with Gasteiger partial charge in [-0.2, -0.15) is 0 Å². The number of aryl methyl sites for hydroxylation is 2. The van der Waals surface area contributed by atoms with Crippen LogP contribution in [0.25, 0.3) is 11.0 Å². The first kappa shape index (κ1) is 16.6. The number of furan rings is 1. The monoisotopic (exact) mass is 343 g/mol. The minimum atomic E-state index is -0.107. The Hall–Kier alpha value is -2.21. The predicted molar refractivity (Wildman–Crippen MR) is 96.5 cm³/mol. The van der Waals surface area contributed by atoms with Gasteiger partial charge in [-0.05, 0) is 37.0 Å². The van der Waals surface area contributed by atoms with Crippen LogP contribution in [0.4, 0.5) is 5.13 Å². The maximum absolute atomic E-state index is 12.3. The van der Waals surface area contributed by atoms with Crippen LogP contribution < -0.4 is 5.32 Å². The Labute approximate surface area is 145 Å². The lowest BCUT2D eigenvalue weighted by atomic mass is 10.0. The van der Waals surface area contributed by atoms with Crippen molar-refractivity contribution in [2.45, 2.75) is 40.5 Å². The van der Waals surface area contributed by atoms with Gasteiger partial charge in [0.05, 0.1) is 12.7 Å². The zero-order chi connectivity index (χ0) is 17.3. The molecule has 0 unspecified atom stereocenters. The van der Waals surface area contributed by atoms with Crippen LogP contribution in [-0.4, -0.2) is 16.1 Å². The van der Waals surface area contributed by atoms with Crippen molar-refractivity contribution in [3.05, 3.63) is 40.1 Å². The Kier molecular flexibility index (Phi) is 4.66.